The van der Waals surface area contributed by atoms with Crippen molar-refractivity contribution < 1.29 is 46.1 Å². The topological polar surface area (TPSA) is 0 Å². The van der Waals surface area contributed by atoms with Gasteiger partial charge in [0.1, 0.15) is 0 Å². The first-order chi connectivity index (χ1) is 19.9. The van der Waals surface area contributed by atoms with Crippen LogP contribution in [0, 0.1) is 13.8 Å². The van der Waals surface area contributed by atoms with Crippen molar-refractivity contribution in [1.82, 2.24) is 0 Å². The van der Waals surface area contributed by atoms with Crippen LogP contribution in [0.4, 0.5) is 0 Å². The number of hydrogen-bond acceptors (Lipinski definition) is 0. The standard InChI is InChI=1S/C21H25.C15H14.C5H5.2ClH.Zr/c1-20(2,3)16-9-7-14-11-15-8-10-17(21(4,5)6)13-19(15)18(14)12-16;1-12-5-3-7-14(9-12)11-15-8-4-6-13(2)10-15;1-2-4-5-3-1;;;/h7,9-10,12-13H,11H2,1-6H3;3-10H,1-2H3;1-3H,4H2;2*1H;/q;;;;;+2/p-2. The summed E-state index contributed by atoms with van der Waals surface area (Å²) in [7, 11) is 0. The van der Waals surface area contributed by atoms with E-state index >= 15 is 0 Å². The fraction of sp³-hybridized carbons (Fsp3) is 0.293. The zero-order valence-electron chi connectivity index (χ0n) is 27.4. The van der Waals surface area contributed by atoms with Gasteiger partial charge in [0, 0.05) is 0 Å². The normalized spacial score (nSPS) is 13.2. The Morgan fingerprint density at radius 3 is 1.77 bits per heavy atom. The Morgan fingerprint density at radius 2 is 1.25 bits per heavy atom. The maximum absolute atomic E-state index is 2.70. The number of halogens is 2. The third kappa shape index (κ3) is 6.77. The maximum atomic E-state index is 2.65. The minimum Gasteiger partial charge on any atom is -1.00 e. The van der Waals surface area contributed by atoms with E-state index in [9.17, 15) is 0 Å². The molecule has 0 radical (unpaired) electrons. The molecule has 0 amide bonds. The first-order valence-corrected chi connectivity index (χ1v) is 19.1. The van der Waals surface area contributed by atoms with Crippen LogP contribution in [0.25, 0.3) is 11.1 Å². The van der Waals surface area contributed by atoms with E-state index in [0.29, 0.717) is 0 Å². The molecule has 4 aromatic rings. The Bertz CT molecular complexity index is 1760. The first-order valence-electron chi connectivity index (χ1n) is 15.5. The molecule has 6 rings (SSSR count). The molecule has 0 saturated heterocycles. The van der Waals surface area contributed by atoms with Crippen molar-refractivity contribution in [2.45, 2.75) is 79.1 Å². The van der Waals surface area contributed by atoms with Crippen LogP contribution in [0.1, 0.15) is 92.5 Å². The molecule has 0 bridgehead atoms. The summed E-state index contributed by atoms with van der Waals surface area (Å²) in [6.45, 7) is 18.6. The molecule has 0 aliphatic heterocycles. The Labute approximate surface area is 285 Å². The van der Waals surface area contributed by atoms with Crippen molar-refractivity contribution >= 4 is 6.48 Å². The molecule has 226 valence electrons. The molecule has 0 saturated carbocycles. The van der Waals surface area contributed by atoms with E-state index in [-0.39, 0.29) is 35.6 Å². The smallest absolute Gasteiger partial charge is 1.00 e. The number of rotatable bonds is 4. The van der Waals surface area contributed by atoms with Crippen LogP contribution in [-0.4, -0.2) is 3.21 Å². The van der Waals surface area contributed by atoms with Crippen LogP contribution in [-0.2, 0) is 38.5 Å². The molecular formula is C41H44Cl2Zr. The summed E-state index contributed by atoms with van der Waals surface area (Å²) < 4.78 is 4.95. The average molecular weight is 699 g/mol. The summed E-state index contributed by atoms with van der Waals surface area (Å²) in [5, 5.41) is 0. The molecule has 2 aliphatic rings. The number of benzene rings is 4. The molecule has 0 nitrogen and oxygen atoms in total. The van der Waals surface area contributed by atoms with Gasteiger partial charge < -0.3 is 24.8 Å². The minimum absolute atomic E-state index is 0. The van der Waals surface area contributed by atoms with Crippen LogP contribution < -0.4 is 28.1 Å². The van der Waals surface area contributed by atoms with Gasteiger partial charge in [0.15, 0.2) is 0 Å². The van der Waals surface area contributed by atoms with Crippen LogP contribution in [0.5, 0.6) is 0 Å². The van der Waals surface area contributed by atoms with E-state index in [1.165, 1.54) is 50.1 Å². The molecule has 0 atom stereocenters. The fourth-order valence-electron chi connectivity index (χ4n) is 6.55. The van der Waals surface area contributed by atoms with Crippen molar-refractivity contribution in [2.75, 3.05) is 0 Å². The van der Waals surface area contributed by atoms with Crippen molar-refractivity contribution in [2.24, 2.45) is 0 Å². The molecular weight excluding hydrogens is 655 g/mol. The summed E-state index contributed by atoms with van der Waals surface area (Å²) in [6, 6.07) is 31.0. The van der Waals surface area contributed by atoms with Crippen molar-refractivity contribution in [3.63, 3.8) is 0 Å². The second-order valence-electron chi connectivity index (χ2n) is 14.4. The molecule has 3 heteroatoms. The Morgan fingerprint density at radius 1 is 0.659 bits per heavy atom. The summed E-state index contributed by atoms with van der Waals surface area (Å²) in [4.78, 5) is 0. The molecule has 0 fully saturated rings. The third-order valence-electron chi connectivity index (χ3n) is 8.97. The largest absolute Gasteiger partial charge is 1.00 e. The molecule has 4 aromatic carbocycles. The fourth-order valence-corrected chi connectivity index (χ4v) is 14.5. The zero-order valence-corrected chi connectivity index (χ0v) is 31.4. The van der Waals surface area contributed by atoms with Crippen molar-refractivity contribution in [3.05, 3.63) is 145 Å². The van der Waals surface area contributed by atoms with Crippen LogP contribution in [0.15, 0.2) is 100 Å². The molecule has 0 heterocycles. The maximum Gasteiger partial charge on any atom is -1.00 e. The van der Waals surface area contributed by atoms with E-state index in [0.717, 1.165) is 12.8 Å². The van der Waals surface area contributed by atoms with Crippen LogP contribution in [0.3, 0.4) is 0 Å². The van der Waals surface area contributed by atoms with Crippen molar-refractivity contribution in [3.8, 4) is 11.1 Å². The summed E-state index contributed by atoms with van der Waals surface area (Å²) in [5.41, 5.74) is 14.6. The molecule has 0 unspecified atom stereocenters. The van der Waals surface area contributed by atoms with Gasteiger partial charge >= 0.3 is 263 Å². The van der Waals surface area contributed by atoms with Gasteiger partial charge in [-0.1, -0.05) is 0 Å². The van der Waals surface area contributed by atoms with Gasteiger partial charge in [-0.2, -0.15) is 0 Å². The predicted octanol–water partition coefficient (Wildman–Crippen LogP) is 3.83. The molecule has 0 N–H and O–H groups in total. The van der Waals surface area contributed by atoms with Gasteiger partial charge in [-0.15, -0.1) is 0 Å². The number of aryl methyl sites for hydroxylation is 2. The Hall–Kier alpha value is -2.31. The first kappa shape index (κ1) is 34.6. The Kier molecular flexibility index (Phi) is 10.4. The van der Waals surface area contributed by atoms with E-state index in [1.54, 1.807) is 15.3 Å². The number of allylic oxidation sites excluding steroid dienone is 4. The minimum atomic E-state index is -2.70. The SMILES string of the molecule is Cc1cccc([C](c2cccc(C)c2)=[Zr+2]([C]2=CC=CC2)[c]2cc(C(C)(C)C)cc3c2Cc2ccc(C(C)(C)C)cc2-3)c1.[Cl-].[Cl-]. The van der Waals surface area contributed by atoms with Crippen LogP contribution in [0.2, 0.25) is 0 Å². The van der Waals surface area contributed by atoms with Gasteiger partial charge in [0.05, 0.1) is 0 Å². The number of hydrogen-bond donors (Lipinski definition) is 0. The quantitative estimate of drug-likeness (QED) is 0.268. The van der Waals surface area contributed by atoms with E-state index in [2.05, 4.69) is 152 Å². The molecule has 0 aromatic heterocycles. The van der Waals surface area contributed by atoms with Gasteiger partial charge in [-0.05, 0) is 0 Å². The molecule has 44 heavy (non-hydrogen) atoms. The number of fused-ring (bicyclic) bond motifs is 3. The zero-order chi connectivity index (χ0) is 29.8. The van der Waals surface area contributed by atoms with E-state index in [1.807, 2.05) is 0 Å². The van der Waals surface area contributed by atoms with E-state index in [4.69, 9.17) is 0 Å². The average Bonchev–Trinajstić information content (AvgIpc) is 3.58. The second-order valence-corrected chi connectivity index (χ2v) is 20.4. The third-order valence-corrected chi connectivity index (χ3v) is 16.5. The van der Waals surface area contributed by atoms with Gasteiger partial charge in [-0.3, -0.25) is 0 Å². The summed E-state index contributed by atoms with van der Waals surface area (Å²) in [6.07, 6.45) is 9.26. The monoisotopic (exact) mass is 696 g/mol. The molecule has 2 aliphatic carbocycles. The van der Waals surface area contributed by atoms with Crippen molar-refractivity contribution in [1.29, 1.82) is 0 Å². The summed E-state index contributed by atoms with van der Waals surface area (Å²) >= 11 is -2.70. The van der Waals surface area contributed by atoms with Gasteiger partial charge in [0.25, 0.3) is 0 Å². The van der Waals surface area contributed by atoms with E-state index < -0.39 is 21.3 Å². The summed E-state index contributed by atoms with van der Waals surface area (Å²) in [5.74, 6) is 0. The predicted molar refractivity (Wildman–Crippen MR) is 179 cm³/mol. The second kappa shape index (κ2) is 13.2. The van der Waals surface area contributed by atoms with Gasteiger partial charge in [0.2, 0.25) is 0 Å². The Balaban J connectivity index is 0.00000221. The molecule has 0 spiro atoms. The van der Waals surface area contributed by atoms with Gasteiger partial charge in [-0.25, -0.2) is 0 Å². The van der Waals surface area contributed by atoms with Crippen LogP contribution >= 0.6 is 0 Å².